The van der Waals surface area contributed by atoms with Gasteiger partial charge in [-0.15, -0.1) is 0 Å². The van der Waals surface area contributed by atoms with Crippen LogP contribution in [0, 0.1) is 5.92 Å². The summed E-state index contributed by atoms with van der Waals surface area (Å²) in [6, 6.07) is 0. The Morgan fingerprint density at radius 3 is 2.38 bits per heavy atom. The van der Waals surface area contributed by atoms with Crippen LogP contribution >= 0.6 is 0 Å². The average molecular weight is 252 g/mol. The van der Waals surface area contributed by atoms with Gasteiger partial charge in [0, 0.05) is 19.6 Å². The first-order valence-electron chi connectivity index (χ1n) is 5.04. The zero-order valence-electron chi connectivity index (χ0n) is 10.2. The maximum atomic E-state index is 11.4. The van der Waals surface area contributed by atoms with E-state index in [0.717, 1.165) is 6.26 Å². The molecule has 0 aromatic heterocycles. The molecule has 0 radical (unpaired) electrons. The molecule has 7 heteroatoms. The van der Waals surface area contributed by atoms with Crippen molar-refractivity contribution in [3.8, 4) is 0 Å². The van der Waals surface area contributed by atoms with Gasteiger partial charge in [0.2, 0.25) is 10.0 Å². The van der Waals surface area contributed by atoms with Gasteiger partial charge in [-0.2, -0.15) is 0 Å². The van der Waals surface area contributed by atoms with Crippen LogP contribution in [0.3, 0.4) is 0 Å². The lowest BCUT2D eigenvalue weighted by Crippen LogP contribution is -2.39. The second-order valence-corrected chi connectivity index (χ2v) is 5.92. The molecule has 0 aliphatic heterocycles. The maximum Gasteiger partial charge on any atom is 0.406 e. The fourth-order valence-corrected chi connectivity index (χ4v) is 2.15. The highest BCUT2D eigenvalue weighted by atomic mass is 32.2. The van der Waals surface area contributed by atoms with Crippen LogP contribution in [0.4, 0.5) is 4.79 Å². The molecule has 1 N–H and O–H groups in total. The van der Waals surface area contributed by atoms with E-state index in [9.17, 15) is 13.2 Å². The molecule has 6 nitrogen and oxygen atoms in total. The van der Waals surface area contributed by atoms with Crippen LogP contribution < -0.4 is 5.32 Å². The molecule has 0 aliphatic rings. The number of hydrogen-bond acceptors (Lipinski definition) is 4. The van der Waals surface area contributed by atoms with Gasteiger partial charge >= 0.3 is 6.09 Å². The largest absolute Gasteiger partial charge is 0.453 e. The first kappa shape index (κ1) is 15.2. The number of nitrogens with zero attached hydrogens (tertiary/aromatic N) is 1. The van der Waals surface area contributed by atoms with Crippen LogP contribution in [-0.4, -0.2) is 51.8 Å². The average Bonchev–Trinajstić information content (AvgIpc) is 2.13. The smallest absolute Gasteiger partial charge is 0.406 e. The summed E-state index contributed by atoms with van der Waals surface area (Å²) in [5.74, 6) is 0.243. The molecule has 0 atom stereocenters. The van der Waals surface area contributed by atoms with Crippen LogP contribution in [-0.2, 0) is 14.8 Å². The third-order valence-corrected chi connectivity index (χ3v) is 3.12. The highest BCUT2D eigenvalue weighted by Gasteiger charge is 2.17. The molecule has 0 fully saturated rings. The van der Waals surface area contributed by atoms with E-state index >= 15 is 0 Å². The Hall–Kier alpha value is -0.820. The summed E-state index contributed by atoms with van der Waals surface area (Å²) in [5, 5.41) is 2.44. The molecule has 0 saturated carbocycles. The molecule has 0 spiro atoms. The van der Waals surface area contributed by atoms with Crippen molar-refractivity contribution in [1.29, 1.82) is 0 Å². The van der Waals surface area contributed by atoms with E-state index in [1.54, 1.807) is 0 Å². The Kier molecular flexibility index (Phi) is 6.35. The van der Waals surface area contributed by atoms with Crippen LogP contribution in [0.5, 0.6) is 0 Å². The van der Waals surface area contributed by atoms with E-state index in [4.69, 9.17) is 0 Å². The number of amides is 1. The highest BCUT2D eigenvalue weighted by molar-refractivity contribution is 7.88. The first-order chi connectivity index (χ1) is 7.27. The second kappa shape index (κ2) is 6.70. The van der Waals surface area contributed by atoms with Crippen LogP contribution in [0.1, 0.15) is 13.8 Å². The van der Waals surface area contributed by atoms with Gasteiger partial charge in [-0.05, 0) is 5.92 Å². The summed E-state index contributed by atoms with van der Waals surface area (Å²) in [6.45, 7) is 4.82. The minimum Gasteiger partial charge on any atom is -0.453 e. The third kappa shape index (κ3) is 6.62. The number of carbonyl (C=O) groups is 1. The monoisotopic (exact) mass is 252 g/mol. The Labute approximate surface area is 97.0 Å². The van der Waals surface area contributed by atoms with E-state index in [1.807, 2.05) is 13.8 Å². The fraction of sp³-hybridized carbons (Fsp3) is 0.889. The number of alkyl carbamates (subject to hydrolysis) is 1. The van der Waals surface area contributed by atoms with Gasteiger partial charge in [-0.25, -0.2) is 17.5 Å². The van der Waals surface area contributed by atoms with E-state index in [-0.39, 0.29) is 19.0 Å². The number of methoxy groups -OCH3 is 1. The molecule has 0 bridgehead atoms. The lowest BCUT2D eigenvalue weighted by Gasteiger charge is -2.21. The Bertz CT molecular complexity index is 313. The molecule has 0 saturated heterocycles. The standard InChI is InChI=1S/C9H20N2O4S/c1-8(2)7-11(16(4,13)14)6-5-10-9(12)15-3/h8H,5-7H2,1-4H3,(H,10,12). The van der Waals surface area contributed by atoms with Crippen molar-refractivity contribution in [3.05, 3.63) is 0 Å². The van der Waals surface area contributed by atoms with E-state index in [1.165, 1.54) is 11.4 Å². The van der Waals surface area contributed by atoms with Crippen LogP contribution in [0.2, 0.25) is 0 Å². The van der Waals surface area contributed by atoms with Crippen molar-refractivity contribution >= 4 is 16.1 Å². The van der Waals surface area contributed by atoms with Gasteiger partial charge in [-0.1, -0.05) is 13.8 Å². The molecule has 0 aliphatic carbocycles. The molecule has 0 aromatic rings. The van der Waals surface area contributed by atoms with Crippen LogP contribution in [0.15, 0.2) is 0 Å². The summed E-state index contributed by atoms with van der Waals surface area (Å²) in [6.07, 6.45) is 0.603. The van der Waals surface area contributed by atoms with Crippen molar-refractivity contribution in [2.45, 2.75) is 13.8 Å². The van der Waals surface area contributed by atoms with Gasteiger partial charge in [0.15, 0.2) is 0 Å². The van der Waals surface area contributed by atoms with Crippen molar-refractivity contribution in [2.24, 2.45) is 5.92 Å². The van der Waals surface area contributed by atoms with E-state index in [0.29, 0.717) is 6.54 Å². The first-order valence-corrected chi connectivity index (χ1v) is 6.89. The van der Waals surface area contributed by atoms with Gasteiger partial charge in [0.1, 0.15) is 0 Å². The number of rotatable bonds is 6. The van der Waals surface area contributed by atoms with Gasteiger partial charge < -0.3 is 10.1 Å². The molecule has 0 heterocycles. The fourth-order valence-electron chi connectivity index (χ4n) is 1.15. The summed E-state index contributed by atoms with van der Waals surface area (Å²) >= 11 is 0. The number of hydrogen-bond donors (Lipinski definition) is 1. The van der Waals surface area contributed by atoms with Gasteiger partial charge in [-0.3, -0.25) is 0 Å². The quantitative estimate of drug-likeness (QED) is 0.735. The SMILES string of the molecule is COC(=O)NCCN(CC(C)C)S(C)(=O)=O. The maximum absolute atomic E-state index is 11.4. The predicted molar refractivity (Wildman–Crippen MR) is 61.7 cm³/mol. The zero-order chi connectivity index (χ0) is 12.8. The van der Waals surface area contributed by atoms with Crippen molar-refractivity contribution < 1.29 is 17.9 Å². The summed E-state index contributed by atoms with van der Waals surface area (Å²) in [5.41, 5.74) is 0. The summed E-state index contributed by atoms with van der Waals surface area (Å²) < 4.78 is 28.5. The molecule has 0 unspecified atom stereocenters. The van der Waals surface area contributed by atoms with Crippen LogP contribution in [0.25, 0.3) is 0 Å². The van der Waals surface area contributed by atoms with E-state index < -0.39 is 16.1 Å². The zero-order valence-corrected chi connectivity index (χ0v) is 11.0. The van der Waals surface area contributed by atoms with Crippen molar-refractivity contribution in [1.82, 2.24) is 9.62 Å². The molecule has 0 aromatic carbocycles. The molecule has 16 heavy (non-hydrogen) atoms. The predicted octanol–water partition coefficient (Wildman–Crippen LogP) is 0.260. The van der Waals surface area contributed by atoms with Crippen molar-refractivity contribution in [2.75, 3.05) is 33.0 Å². The Morgan fingerprint density at radius 2 is 2.00 bits per heavy atom. The molecule has 0 rings (SSSR count). The lowest BCUT2D eigenvalue weighted by atomic mass is 10.2. The number of carbonyl (C=O) groups excluding carboxylic acids is 1. The topological polar surface area (TPSA) is 75.7 Å². The minimum atomic E-state index is -3.22. The third-order valence-electron chi connectivity index (χ3n) is 1.85. The van der Waals surface area contributed by atoms with Gasteiger partial charge in [0.25, 0.3) is 0 Å². The summed E-state index contributed by atoms with van der Waals surface area (Å²) in [4.78, 5) is 10.8. The molecule has 96 valence electrons. The minimum absolute atomic E-state index is 0.243. The van der Waals surface area contributed by atoms with Gasteiger partial charge in [0.05, 0.1) is 13.4 Å². The summed E-state index contributed by atoms with van der Waals surface area (Å²) in [7, 11) is -1.96. The molecular formula is C9H20N2O4S. The highest BCUT2D eigenvalue weighted by Crippen LogP contribution is 2.03. The number of sulfonamides is 1. The number of nitrogens with one attached hydrogen (secondary N) is 1. The molecule has 1 amide bonds. The lowest BCUT2D eigenvalue weighted by molar-refractivity contribution is 0.170. The van der Waals surface area contributed by atoms with Crippen molar-refractivity contribution in [3.63, 3.8) is 0 Å². The molecular weight excluding hydrogens is 232 g/mol. The Balaban J connectivity index is 4.19. The Morgan fingerprint density at radius 1 is 1.44 bits per heavy atom. The van der Waals surface area contributed by atoms with E-state index in [2.05, 4.69) is 10.1 Å². The normalized spacial score (nSPS) is 11.9. The second-order valence-electron chi connectivity index (χ2n) is 3.93. The number of ether oxygens (including phenoxy) is 1.